The molecular weight excluding hydrogens is 342 g/mol. The standard InChI is InChI=1S/C18H21NO5S/c1-3-5-6-7-15(21)24-10-14(20)19-17-16(18(22)23-4-2)13(11-25-17)12-8-9-12/h3,5-7,11-12H,4,8-10H2,1-2H3,(H,19,20)/b5-3+,7-6+. The zero-order valence-electron chi connectivity index (χ0n) is 14.2. The highest BCUT2D eigenvalue weighted by Gasteiger charge is 2.32. The van der Waals surface area contributed by atoms with Crippen LogP contribution in [0.5, 0.6) is 0 Å². The maximum atomic E-state index is 12.2. The number of allylic oxidation sites excluding steroid dienone is 3. The normalized spacial score (nSPS) is 14.0. The van der Waals surface area contributed by atoms with Crippen LogP contribution in [0.1, 0.15) is 48.5 Å². The summed E-state index contributed by atoms with van der Waals surface area (Å²) in [7, 11) is 0. The third-order valence-corrected chi connectivity index (χ3v) is 4.36. The molecule has 1 aromatic rings. The highest BCUT2D eigenvalue weighted by atomic mass is 32.1. The second-order valence-corrected chi connectivity index (χ2v) is 6.31. The van der Waals surface area contributed by atoms with E-state index in [0.29, 0.717) is 16.5 Å². The number of anilines is 1. The molecule has 1 fully saturated rings. The van der Waals surface area contributed by atoms with Crippen molar-refractivity contribution in [1.82, 2.24) is 0 Å². The fourth-order valence-corrected chi connectivity index (χ4v) is 3.21. The molecule has 0 bridgehead atoms. The van der Waals surface area contributed by atoms with Crippen molar-refractivity contribution in [2.45, 2.75) is 32.6 Å². The smallest absolute Gasteiger partial charge is 0.341 e. The molecule has 0 aliphatic heterocycles. The van der Waals surface area contributed by atoms with Crippen LogP contribution in [0.3, 0.4) is 0 Å². The number of nitrogens with one attached hydrogen (secondary N) is 1. The molecule has 0 spiro atoms. The molecule has 0 saturated heterocycles. The van der Waals surface area contributed by atoms with Gasteiger partial charge in [-0.05, 0) is 43.6 Å². The summed E-state index contributed by atoms with van der Waals surface area (Å²) in [4.78, 5) is 35.7. The molecule has 0 aromatic carbocycles. The second-order valence-electron chi connectivity index (χ2n) is 5.43. The number of hydrogen-bond acceptors (Lipinski definition) is 6. The summed E-state index contributed by atoms with van der Waals surface area (Å²) in [6, 6.07) is 0. The van der Waals surface area contributed by atoms with E-state index in [2.05, 4.69) is 5.32 Å². The van der Waals surface area contributed by atoms with Gasteiger partial charge in [-0.15, -0.1) is 11.3 Å². The Labute approximate surface area is 150 Å². The van der Waals surface area contributed by atoms with Crippen molar-refractivity contribution in [2.75, 3.05) is 18.5 Å². The number of esters is 2. The SMILES string of the molecule is C/C=C/C=C/C(=O)OCC(=O)Nc1scc(C2CC2)c1C(=O)OCC. The molecule has 1 N–H and O–H groups in total. The van der Waals surface area contributed by atoms with Crippen molar-refractivity contribution in [3.05, 3.63) is 40.8 Å². The van der Waals surface area contributed by atoms with E-state index in [1.807, 2.05) is 12.3 Å². The fourth-order valence-electron chi connectivity index (χ4n) is 2.16. The highest BCUT2D eigenvalue weighted by Crippen LogP contribution is 2.46. The number of amides is 1. The Morgan fingerprint density at radius 2 is 2.04 bits per heavy atom. The van der Waals surface area contributed by atoms with E-state index in [-0.39, 0.29) is 6.61 Å². The first-order chi connectivity index (χ1) is 12.1. The Bertz CT molecular complexity index is 700. The van der Waals surface area contributed by atoms with Gasteiger partial charge in [-0.3, -0.25) is 4.79 Å². The van der Waals surface area contributed by atoms with Gasteiger partial charge in [0.15, 0.2) is 6.61 Å². The van der Waals surface area contributed by atoms with Crippen molar-refractivity contribution in [2.24, 2.45) is 0 Å². The largest absolute Gasteiger partial charge is 0.462 e. The Morgan fingerprint density at radius 1 is 1.28 bits per heavy atom. The lowest BCUT2D eigenvalue weighted by atomic mass is 10.1. The predicted octanol–water partition coefficient (Wildman–Crippen LogP) is 3.42. The summed E-state index contributed by atoms with van der Waals surface area (Å²) in [6.07, 6.45) is 8.27. The number of ether oxygens (including phenoxy) is 2. The van der Waals surface area contributed by atoms with E-state index in [1.165, 1.54) is 23.5 Å². The zero-order valence-corrected chi connectivity index (χ0v) is 15.1. The molecule has 2 rings (SSSR count). The summed E-state index contributed by atoms with van der Waals surface area (Å²) in [5.41, 5.74) is 1.34. The molecule has 1 amide bonds. The first-order valence-corrected chi connectivity index (χ1v) is 8.99. The molecule has 0 atom stereocenters. The number of rotatable bonds is 8. The highest BCUT2D eigenvalue weighted by molar-refractivity contribution is 7.15. The molecular formula is C18H21NO5S. The molecule has 1 aromatic heterocycles. The van der Waals surface area contributed by atoms with Crippen molar-refractivity contribution in [3.63, 3.8) is 0 Å². The van der Waals surface area contributed by atoms with Crippen molar-refractivity contribution < 1.29 is 23.9 Å². The fraction of sp³-hybridized carbons (Fsp3) is 0.389. The molecule has 1 saturated carbocycles. The van der Waals surface area contributed by atoms with Crippen LogP contribution in [-0.4, -0.2) is 31.1 Å². The molecule has 1 heterocycles. The summed E-state index contributed by atoms with van der Waals surface area (Å²) in [5.74, 6) is -1.19. The summed E-state index contributed by atoms with van der Waals surface area (Å²) in [6.45, 7) is 3.40. The number of thiophene rings is 1. The van der Waals surface area contributed by atoms with Gasteiger partial charge in [0, 0.05) is 6.08 Å². The van der Waals surface area contributed by atoms with Gasteiger partial charge in [0.2, 0.25) is 0 Å². The third kappa shape index (κ3) is 5.56. The third-order valence-electron chi connectivity index (χ3n) is 3.45. The summed E-state index contributed by atoms with van der Waals surface area (Å²) in [5, 5.41) is 4.96. The number of carbonyl (C=O) groups excluding carboxylic acids is 3. The van der Waals surface area contributed by atoms with Crippen molar-refractivity contribution in [1.29, 1.82) is 0 Å². The van der Waals surface area contributed by atoms with Crippen molar-refractivity contribution in [3.8, 4) is 0 Å². The van der Waals surface area contributed by atoms with Crippen LogP contribution in [0.4, 0.5) is 5.00 Å². The lowest BCUT2D eigenvalue weighted by Crippen LogP contribution is -2.21. The number of carbonyl (C=O) groups is 3. The Balaban J connectivity index is 1.98. The van der Waals surface area contributed by atoms with Crippen LogP contribution in [0.15, 0.2) is 29.7 Å². The topological polar surface area (TPSA) is 81.7 Å². The van der Waals surface area contributed by atoms with Gasteiger partial charge in [0.05, 0.1) is 12.2 Å². The van der Waals surface area contributed by atoms with Crippen LogP contribution >= 0.6 is 11.3 Å². The van der Waals surface area contributed by atoms with E-state index < -0.39 is 24.5 Å². The molecule has 0 unspecified atom stereocenters. The van der Waals surface area contributed by atoms with Gasteiger partial charge >= 0.3 is 11.9 Å². The van der Waals surface area contributed by atoms with Gasteiger partial charge in [-0.1, -0.05) is 18.2 Å². The molecule has 6 nitrogen and oxygen atoms in total. The minimum absolute atomic E-state index is 0.266. The van der Waals surface area contributed by atoms with Gasteiger partial charge in [0.1, 0.15) is 5.00 Å². The maximum absolute atomic E-state index is 12.2. The van der Waals surface area contributed by atoms with E-state index in [1.54, 1.807) is 19.1 Å². The number of hydrogen-bond donors (Lipinski definition) is 1. The molecule has 0 radical (unpaired) electrons. The Hall–Kier alpha value is -2.41. The van der Waals surface area contributed by atoms with Gasteiger partial charge in [-0.25, -0.2) is 9.59 Å². The van der Waals surface area contributed by atoms with Crippen LogP contribution in [0.25, 0.3) is 0 Å². The minimum atomic E-state index is -0.608. The van der Waals surface area contributed by atoms with E-state index in [9.17, 15) is 14.4 Å². The molecule has 1 aliphatic carbocycles. The van der Waals surface area contributed by atoms with E-state index in [4.69, 9.17) is 9.47 Å². The van der Waals surface area contributed by atoms with Gasteiger partial charge in [-0.2, -0.15) is 0 Å². The average molecular weight is 363 g/mol. The molecule has 7 heteroatoms. The molecule has 25 heavy (non-hydrogen) atoms. The van der Waals surface area contributed by atoms with Crippen molar-refractivity contribution >= 4 is 34.2 Å². The molecule has 1 aliphatic rings. The summed E-state index contributed by atoms with van der Waals surface area (Å²) < 4.78 is 9.95. The summed E-state index contributed by atoms with van der Waals surface area (Å²) >= 11 is 1.28. The molecule has 134 valence electrons. The second kappa shape index (κ2) is 9.17. The van der Waals surface area contributed by atoms with E-state index in [0.717, 1.165) is 18.4 Å². The lowest BCUT2D eigenvalue weighted by Gasteiger charge is -2.08. The predicted molar refractivity (Wildman–Crippen MR) is 95.8 cm³/mol. The van der Waals surface area contributed by atoms with Crippen LogP contribution in [-0.2, 0) is 19.1 Å². The zero-order chi connectivity index (χ0) is 18.2. The maximum Gasteiger partial charge on any atom is 0.341 e. The van der Waals surface area contributed by atoms with Crippen LogP contribution in [0, 0.1) is 0 Å². The van der Waals surface area contributed by atoms with Crippen LogP contribution in [0.2, 0.25) is 0 Å². The quantitative estimate of drug-likeness (QED) is 0.435. The van der Waals surface area contributed by atoms with Gasteiger partial charge < -0.3 is 14.8 Å². The monoisotopic (exact) mass is 363 g/mol. The van der Waals surface area contributed by atoms with E-state index >= 15 is 0 Å². The first-order valence-electron chi connectivity index (χ1n) is 8.11. The Morgan fingerprint density at radius 3 is 2.68 bits per heavy atom. The lowest BCUT2D eigenvalue weighted by molar-refractivity contribution is -0.142. The van der Waals surface area contributed by atoms with Gasteiger partial charge in [0.25, 0.3) is 5.91 Å². The Kier molecular flexibility index (Phi) is 6.94. The average Bonchev–Trinajstić information content (AvgIpc) is 3.34. The van der Waals surface area contributed by atoms with Crippen LogP contribution < -0.4 is 5.32 Å². The minimum Gasteiger partial charge on any atom is -0.462 e. The first kappa shape index (κ1) is 18.9.